The van der Waals surface area contributed by atoms with Crippen LogP contribution in [0.3, 0.4) is 0 Å². The third-order valence-electron chi connectivity index (χ3n) is 4.40. The fourth-order valence-corrected chi connectivity index (χ4v) is 4.05. The van der Waals surface area contributed by atoms with E-state index in [9.17, 15) is 23.3 Å². The quantitative estimate of drug-likeness (QED) is 0.561. The summed E-state index contributed by atoms with van der Waals surface area (Å²) >= 11 is 0. The van der Waals surface area contributed by atoms with Crippen LogP contribution in [0.1, 0.15) is 24.5 Å². The van der Waals surface area contributed by atoms with Gasteiger partial charge in [-0.05, 0) is 49.6 Å². The molecule has 9 heteroatoms. The van der Waals surface area contributed by atoms with Crippen molar-refractivity contribution in [1.29, 1.82) is 0 Å². The number of anilines is 2. The average molecular weight is 405 g/mol. The van der Waals surface area contributed by atoms with Crippen molar-refractivity contribution < 1.29 is 18.1 Å². The number of nitrogens with zero attached hydrogens (tertiary/aromatic N) is 2. The molecule has 8 nitrogen and oxygen atoms in total. The van der Waals surface area contributed by atoms with Crippen LogP contribution < -0.4 is 9.62 Å². The summed E-state index contributed by atoms with van der Waals surface area (Å²) in [7, 11) is -3.87. The number of nitro groups is 1. The highest BCUT2D eigenvalue weighted by molar-refractivity contribution is 7.92. The molecule has 2 aromatic carbocycles. The maximum absolute atomic E-state index is 12.9. The molecule has 0 fully saturated rings. The lowest BCUT2D eigenvalue weighted by atomic mass is 10.1. The molecule has 0 heterocycles. The van der Waals surface area contributed by atoms with Crippen LogP contribution in [0.4, 0.5) is 17.1 Å². The number of rotatable bonds is 7. The number of nitro benzene ring substituents is 1. The van der Waals surface area contributed by atoms with Crippen LogP contribution in [0.25, 0.3) is 0 Å². The molecule has 0 aliphatic rings. The Morgan fingerprint density at radius 3 is 2.39 bits per heavy atom. The van der Waals surface area contributed by atoms with Crippen molar-refractivity contribution in [2.75, 3.05) is 15.9 Å². The fourth-order valence-electron chi connectivity index (χ4n) is 2.85. The van der Waals surface area contributed by atoms with Gasteiger partial charge in [0.05, 0.1) is 16.9 Å². The smallest absolute Gasteiger partial charge is 0.271 e. The Hall–Kier alpha value is -2.94. The second-order valence-corrected chi connectivity index (χ2v) is 8.41. The minimum absolute atomic E-state index is 0.0683. The van der Waals surface area contributed by atoms with Gasteiger partial charge in [0, 0.05) is 17.8 Å². The number of hydrogen-bond donors (Lipinski definition) is 1. The Morgan fingerprint density at radius 2 is 1.86 bits per heavy atom. The van der Waals surface area contributed by atoms with E-state index in [0.29, 0.717) is 5.69 Å². The lowest BCUT2D eigenvalue weighted by Crippen LogP contribution is -2.47. The molecule has 0 saturated carbocycles. The Kier molecular flexibility index (Phi) is 6.40. The van der Waals surface area contributed by atoms with E-state index >= 15 is 0 Å². The SMILES string of the molecule is CC[C@H](C(=O)Nc1ccc(C)c(C)c1)N(c1cccc([N+](=O)[O-])c1)S(C)(=O)=O. The van der Waals surface area contributed by atoms with Crippen LogP contribution in [0.15, 0.2) is 42.5 Å². The second-order valence-electron chi connectivity index (χ2n) is 6.55. The van der Waals surface area contributed by atoms with Crippen LogP contribution in [0.5, 0.6) is 0 Å². The van der Waals surface area contributed by atoms with E-state index in [0.717, 1.165) is 27.8 Å². The molecule has 0 bridgehead atoms. The summed E-state index contributed by atoms with van der Waals surface area (Å²) < 4.78 is 25.8. The first kappa shape index (κ1) is 21.4. The summed E-state index contributed by atoms with van der Waals surface area (Å²) in [5.41, 5.74) is 2.43. The van der Waals surface area contributed by atoms with Gasteiger partial charge in [0.2, 0.25) is 15.9 Å². The lowest BCUT2D eigenvalue weighted by Gasteiger charge is -2.30. The molecule has 0 spiro atoms. The first-order valence-electron chi connectivity index (χ1n) is 8.66. The maximum atomic E-state index is 12.9. The zero-order chi connectivity index (χ0) is 21.1. The van der Waals surface area contributed by atoms with Gasteiger partial charge in [-0.15, -0.1) is 0 Å². The van der Waals surface area contributed by atoms with Gasteiger partial charge in [0.1, 0.15) is 6.04 Å². The second kappa shape index (κ2) is 8.39. The monoisotopic (exact) mass is 405 g/mol. The Bertz CT molecular complexity index is 1000. The van der Waals surface area contributed by atoms with E-state index in [2.05, 4.69) is 5.32 Å². The molecule has 1 atom stereocenters. The zero-order valence-electron chi connectivity index (χ0n) is 16.2. The van der Waals surface area contributed by atoms with Crippen LogP contribution in [0, 0.1) is 24.0 Å². The molecule has 2 aromatic rings. The molecule has 0 aliphatic carbocycles. The van der Waals surface area contributed by atoms with Crippen molar-refractivity contribution >= 4 is 33.0 Å². The van der Waals surface area contributed by atoms with Gasteiger partial charge < -0.3 is 5.32 Å². The molecule has 0 radical (unpaired) electrons. The summed E-state index contributed by atoms with van der Waals surface area (Å²) in [6, 6.07) is 9.58. The van der Waals surface area contributed by atoms with E-state index in [4.69, 9.17) is 0 Å². The summed E-state index contributed by atoms with van der Waals surface area (Å²) in [5.74, 6) is -0.511. The van der Waals surface area contributed by atoms with E-state index in [1.807, 2.05) is 19.9 Å². The maximum Gasteiger partial charge on any atom is 0.271 e. The molecule has 0 aliphatic heterocycles. The molecule has 1 N–H and O–H groups in total. The molecular formula is C19H23N3O5S. The van der Waals surface area contributed by atoms with E-state index in [-0.39, 0.29) is 17.8 Å². The Balaban J connectivity index is 2.42. The van der Waals surface area contributed by atoms with Crippen molar-refractivity contribution in [2.45, 2.75) is 33.2 Å². The first-order chi connectivity index (χ1) is 13.0. The molecule has 0 unspecified atom stereocenters. The third-order valence-corrected chi connectivity index (χ3v) is 5.58. The van der Waals surface area contributed by atoms with E-state index in [1.54, 1.807) is 19.1 Å². The molecule has 0 saturated heterocycles. The van der Waals surface area contributed by atoms with Crippen LogP contribution in [-0.2, 0) is 14.8 Å². The summed E-state index contributed by atoms with van der Waals surface area (Å²) in [5, 5.41) is 13.8. The van der Waals surface area contributed by atoms with Crippen LogP contribution in [-0.4, -0.2) is 31.5 Å². The normalized spacial score (nSPS) is 12.3. The van der Waals surface area contributed by atoms with Gasteiger partial charge in [-0.1, -0.05) is 19.1 Å². The molecule has 150 valence electrons. The summed E-state index contributed by atoms with van der Waals surface area (Å²) in [6.45, 7) is 5.54. The standard InChI is InChI=1S/C19H23N3O5S/c1-5-18(19(23)20-15-10-9-13(2)14(3)11-15)21(28(4,26)27)16-7-6-8-17(12-16)22(24)25/h6-12,18H,5H2,1-4H3,(H,20,23)/t18-/m1/s1. The number of hydrogen-bond acceptors (Lipinski definition) is 5. The topological polar surface area (TPSA) is 110 Å². The minimum Gasteiger partial charge on any atom is -0.324 e. The van der Waals surface area contributed by atoms with Gasteiger partial charge in [-0.3, -0.25) is 19.2 Å². The highest BCUT2D eigenvalue weighted by atomic mass is 32.2. The van der Waals surface area contributed by atoms with Crippen molar-refractivity contribution in [3.63, 3.8) is 0 Å². The first-order valence-corrected chi connectivity index (χ1v) is 10.5. The van der Waals surface area contributed by atoms with Gasteiger partial charge in [0.25, 0.3) is 5.69 Å². The van der Waals surface area contributed by atoms with Crippen molar-refractivity contribution in [1.82, 2.24) is 0 Å². The number of amides is 1. The summed E-state index contributed by atoms with van der Waals surface area (Å²) in [4.78, 5) is 23.3. The fraction of sp³-hybridized carbons (Fsp3) is 0.316. The van der Waals surface area contributed by atoms with Gasteiger partial charge >= 0.3 is 0 Å². The van der Waals surface area contributed by atoms with Gasteiger partial charge in [-0.2, -0.15) is 0 Å². The average Bonchev–Trinajstić information content (AvgIpc) is 2.61. The predicted molar refractivity (Wildman–Crippen MR) is 109 cm³/mol. The largest absolute Gasteiger partial charge is 0.324 e. The Labute approximate surface area is 164 Å². The molecular weight excluding hydrogens is 382 g/mol. The molecule has 1 amide bonds. The number of carbonyl (C=O) groups is 1. The number of aryl methyl sites for hydroxylation is 2. The predicted octanol–water partition coefficient (Wildman–Crippen LogP) is 3.39. The van der Waals surface area contributed by atoms with Crippen molar-refractivity contribution in [3.8, 4) is 0 Å². The minimum atomic E-state index is -3.87. The highest BCUT2D eigenvalue weighted by Gasteiger charge is 2.32. The van der Waals surface area contributed by atoms with Crippen molar-refractivity contribution in [2.24, 2.45) is 0 Å². The number of non-ortho nitro benzene ring substituents is 1. The van der Waals surface area contributed by atoms with Gasteiger partial charge in [-0.25, -0.2) is 8.42 Å². The van der Waals surface area contributed by atoms with Crippen molar-refractivity contribution in [3.05, 3.63) is 63.7 Å². The third kappa shape index (κ3) is 4.86. The highest BCUT2D eigenvalue weighted by Crippen LogP contribution is 2.27. The summed E-state index contributed by atoms with van der Waals surface area (Å²) in [6.07, 6.45) is 1.16. The number of benzene rings is 2. The number of nitrogens with one attached hydrogen (secondary N) is 1. The Morgan fingerprint density at radius 1 is 1.18 bits per heavy atom. The number of sulfonamides is 1. The van der Waals surface area contributed by atoms with E-state index in [1.165, 1.54) is 18.2 Å². The lowest BCUT2D eigenvalue weighted by molar-refractivity contribution is -0.384. The van der Waals surface area contributed by atoms with E-state index < -0.39 is 26.9 Å². The molecule has 2 rings (SSSR count). The molecule has 0 aromatic heterocycles. The van der Waals surface area contributed by atoms with Crippen LogP contribution in [0.2, 0.25) is 0 Å². The van der Waals surface area contributed by atoms with Crippen LogP contribution >= 0.6 is 0 Å². The number of carbonyl (C=O) groups excluding carboxylic acids is 1. The van der Waals surface area contributed by atoms with Gasteiger partial charge in [0.15, 0.2) is 0 Å². The molecule has 28 heavy (non-hydrogen) atoms. The zero-order valence-corrected chi connectivity index (χ0v) is 17.0.